The van der Waals surface area contributed by atoms with Crippen LogP contribution in [0, 0.1) is 0 Å². The maximum absolute atomic E-state index is 4.13. The Kier molecular flexibility index (Phi) is 4.31. The molecule has 0 radical (unpaired) electrons. The van der Waals surface area contributed by atoms with Gasteiger partial charge in [-0.3, -0.25) is 9.88 Å². The SMILES string of the molecule is CNc1ccc(CN(C)Cc2cccnc2)cc1. The molecule has 1 heterocycles. The third-order valence-corrected chi connectivity index (χ3v) is 2.87. The van der Waals surface area contributed by atoms with Gasteiger partial charge in [0, 0.05) is 38.2 Å². The number of nitrogens with zero attached hydrogens (tertiary/aromatic N) is 2. The highest BCUT2D eigenvalue weighted by Gasteiger charge is 2.01. The van der Waals surface area contributed by atoms with E-state index in [4.69, 9.17) is 0 Å². The van der Waals surface area contributed by atoms with Crippen molar-refractivity contribution in [3.63, 3.8) is 0 Å². The van der Waals surface area contributed by atoms with Gasteiger partial charge in [-0.25, -0.2) is 0 Å². The van der Waals surface area contributed by atoms with Crippen molar-refractivity contribution in [2.24, 2.45) is 0 Å². The lowest BCUT2D eigenvalue weighted by Crippen LogP contribution is -2.17. The third kappa shape index (κ3) is 3.57. The number of anilines is 1. The summed E-state index contributed by atoms with van der Waals surface area (Å²) in [5, 5.41) is 3.13. The number of rotatable bonds is 5. The fourth-order valence-electron chi connectivity index (χ4n) is 1.95. The summed E-state index contributed by atoms with van der Waals surface area (Å²) in [5.74, 6) is 0. The highest BCUT2D eigenvalue weighted by atomic mass is 15.1. The van der Waals surface area contributed by atoms with Crippen molar-refractivity contribution in [3.8, 4) is 0 Å². The van der Waals surface area contributed by atoms with Gasteiger partial charge < -0.3 is 5.32 Å². The highest BCUT2D eigenvalue weighted by Crippen LogP contribution is 2.11. The largest absolute Gasteiger partial charge is 0.388 e. The second kappa shape index (κ2) is 6.17. The van der Waals surface area contributed by atoms with Crippen LogP contribution in [0.1, 0.15) is 11.1 Å². The monoisotopic (exact) mass is 241 g/mol. The lowest BCUT2D eigenvalue weighted by atomic mass is 10.2. The fourth-order valence-corrected chi connectivity index (χ4v) is 1.95. The van der Waals surface area contributed by atoms with Gasteiger partial charge in [0.2, 0.25) is 0 Å². The van der Waals surface area contributed by atoms with Crippen LogP contribution in [0.2, 0.25) is 0 Å². The van der Waals surface area contributed by atoms with E-state index in [1.807, 2.05) is 19.3 Å². The minimum absolute atomic E-state index is 0.918. The third-order valence-electron chi connectivity index (χ3n) is 2.87. The zero-order chi connectivity index (χ0) is 12.8. The number of hydrogen-bond acceptors (Lipinski definition) is 3. The van der Waals surface area contributed by atoms with Gasteiger partial charge in [-0.15, -0.1) is 0 Å². The zero-order valence-electron chi connectivity index (χ0n) is 10.9. The molecule has 0 fully saturated rings. The Bertz CT molecular complexity index is 465. The molecule has 0 saturated carbocycles. The molecule has 0 saturated heterocycles. The molecule has 2 aromatic rings. The topological polar surface area (TPSA) is 28.2 Å². The first-order valence-electron chi connectivity index (χ1n) is 6.12. The lowest BCUT2D eigenvalue weighted by molar-refractivity contribution is 0.319. The van der Waals surface area contributed by atoms with Crippen molar-refractivity contribution in [1.29, 1.82) is 0 Å². The average Bonchev–Trinajstić information content (AvgIpc) is 2.40. The van der Waals surface area contributed by atoms with Crippen molar-refractivity contribution in [2.45, 2.75) is 13.1 Å². The maximum atomic E-state index is 4.13. The maximum Gasteiger partial charge on any atom is 0.0337 e. The molecule has 0 aliphatic rings. The van der Waals surface area contributed by atoms with Gasteiger partial charge in [0.1, 0.15) is 0 Å². The molecule has 0 atom stereocenters. The Balaban J connectivity index is 1.92. The molecule has 3 heteroatoms. The number of pyridine rings is 1. The highest BCUT2D eigenvalue weighted by molar-refractivity contribution is 5.43. The van der Waals surface area contributed by atoms with E-state index < -0.39 is 0 Å². The van der Waals surface area contributed by atoms with Crippen LogP contribution in [-0.2, 0) is 13.1 Å². The first kappa shape index (κ1) is 12.6. The number of aromatic nitrogens is 1. The summed E-state index contributed by atoms with van der Waals surface area (Å²) in [6.07, 6.45) is 3.72. The van der Waals surface area contributed by atoms with Crippen LogP contribution in [0.5, 0.6) is 0 Å². The second-order valence-corrected chi connectivity index (χ2v) is 4.48. The predicted molar refractivity (Wildman–Crippen MR) is 75.4 cm³/mol. The smallest absolute Gasteiger partial charge is 0.0337 e. The summed E-state index contributed by atoms with van der Waals surface area (Å²) in [4.78, 5) is 6.42. The van der Waals surface area contributed by atoms with Gasteiger partial charge in [-0.2, -0.15) is 0 Å². The first-order valence-corrected chi connectivity index (χ1v) is 6.12. The van der Waals surface area contributed by atoms with Gasteiger partial charge in [0.25, 0.3) is 0 Å². The zero-order valence-corrected chi connectivity index (χ0v) is 10.9. The van der Waals surface area contributed by atoms with Crippen molar-refractivity contribution in [1.82, 2.24) is 9.88 Å². The average molecular weight is 241 g/mol. The summed E-state index contributed by atoms with van der Waals surface area (Å²) in [5.41, 5.74) is 3.71. The summed E-state index contributed by atoms with van der Waals surface area (Å²) < 4.78 is 0. The fraction of sp³-hybridized carbons (Fsp3) is 0.267. The summed E-state index contributed by atoms with van der Waals surface area (Å²) in [6.45, 7) is 1.86. The molecule has 3 nitrogen and oxygen atoms in total. The molecule has 0 unspecified atom stereocenters. The summed E-state index contributed by atoms with van der Waals surface area (Å²) in [7, 11) is 4.06. The minimum Gasteiger partial charge on any atom is -0.388 e. The normalized spacial score (nSPS) is 10.6. The van der Waals surface area contributed by atoms with Gasteiger partial charge in [0.05, 0.1) is 0 Å². The van der Waals surface area contributed by atoms with E-state index in [2.05, 4.69) is 52.6 Å². The predicted octanol–water partition coefficient (Wildman–Crippen LogP) is 2.76. The quantitative estimate of drug-likeness (QED) is 0.872. The molecular formula is C15H19N3. The van der Waals surface area contributed by atoms with E-state index in [9.17, 15) is 0 Å². The summed E-state index contributed by atoms with van der Waals surface area (Å²) in [6, 6.07) is 12.6. The molecule has 0 bridgehead atoms. The van der Waals surface area contributed by atoms with E-state index in [1.165, 1.54) is 11.1 Å². The molecule has 1 aromatic heterocycles. The molecular weight excluding hydrogens is 222 g/mol. The number of benzene rings is 1. The molecule has 1 aromatic carbocycles. The second-order valence-electron chi connectivity index (χ2n) is 4.48. The molecule has 0 aliphatic carbocycles. The van der Waals surface area contributed by atoms with E-state index >= 15 is 0 Å². The van der Waals surface area contributed by atoms with Crippen molar-refractivity contribution >= 4 is 5.69 Å². The van der Waals surface area contributed by atoms with Gasteiger partial charge in [-0.1, -0.05) is 18.2 Å². The standard InChI is InChI=1S/C15H19N3/c1-16-15-7-5-13(6-8-15)11-18(2)12-14-4-3-9-17-10-14/h3-10,16H,11-12H2,1-2H3. The van der Waals surface area contributed by atoms with Gasteiger partial charge >= 0.3 is 0 Å². The van der Waals surface area contributed by atoms with Crippen LogP contribution in [-0.4, -0.2) is 24.0 Å². The molecule has 0 amide bonds. The lowest BCUT2D eigenvalue weighted by Gasteiger charge is -2.16. The van der Waals surface area contributed by atoms with Crippen molar-refractivity contribution in [2.75, 3.05) is 19.4 Å². The van der Waals surface area contributed by atoms with Crippen LogP contribution in [0.4, 0.5) is 5.69 Å². The van der Waals surface area contributed by atoms with Crippen LogP contribution in [0.25, 0.3) is 0 Å². The van der Waals surface area contributed by atoms with Gasteiger partial charge in [-0.05, 0) is 36.4 Å². The number of hydrogen-bond donors (Lipinski definition) is 1. The van der Waals surface area contributed by atoms with Crippen LogP contribution in [0.15, 0.2) is 48.8 Å². The molecule has 94 valence electrons. The van der Waals surface area contributed by atoms with Crippen LogP contribution < -0.4 is 5.32 Å². The molecule has 0 spiro atoms. The molecule has 18 heavy (non-hydrogen) atoms. The molecule has 0 aliphatic heterocycles. The van der Waals surface area contributed by atoms with Crippen LogP contribution in [0.3, 0.4) is 0 Å². The first-order chi connectivity index (χ1) is 8.78. The Morgan fingerprint density at radius 1 is 1.06 bits per heavy atom. The van der Waals surface area contributed by atoms with Crippen molar-refractivity contribution in [3.05, 3.63) is 59.9 Å². The molecule has 2 rings (SSSR count). The van der Waals surface area contributed by atoms with Crippen LogP contribution >= 0.6 is 0 Å². The van der Waals surface area contributed by atoms with E-state index in [0.29, 0.717) is 0 Å². The number of nitrogens with one attached hydrogen (secondary N) is 1. The Morgan fingerprint density at radius 2 is 1.78 bits per heavy atom. The summed E-state index contributed by atoms with van der Waals surface area (Å²) >= 11 is 0. The van der Waals surface area contributed by atoms with E-state index in [1.54, 1.807) is 6.20 Å². The van der Waals surface area contributed by atoms with Crippen molar-refractivity contribution < 1.29 is 0 Å². The van der Waals surface area contributed by atoms with Gasteiger partial charge in [0.15, 0.2) is 0 Å². The Hall–Kier alpha value is -1.87. The van der Waals surface area contributed by atoms with E-state index in [0.717, 1.165) is 18.8 Å². The Labute approximate surface area is 108 Å². The van der Waals surface area contributed by atoms with E-state index in [-0.39, 0.29) is 0 Å². The molecule has 1 N–H and O–H groups in total. The Morgan fingerprint density at radius 3 is 2.39 bits per heavy atom. The minimum atomic E-state index is 0.918.